The van der Waals surface area contributed by atoms with E-state index in [4.69, 9.17) is 0 Å². The van der Waals surface area contributed by atoms with Gasteiger partial charge in [-0.25, -0.2) is 9.37 Å². The number of aryl methyl sites for hydroxylation is 1. The first-order chi connectivity index (χ1) is 14.4. The van der Waals surface area contributed by atoms with Gasteiger partial charge in [0, 0.05) is 24.8 Å². The van der Waals surface area contributed by atoms with Gasteiger partial charge >= 0.3 is 0 Å². The lowest BCUT2D eigenvalue weighted by atomic mass is 10.1. The molecule has 3 aromatic heterocycles. The van der Waals surface area contributed by atoms with Crippen molar-refractivity contribution < 1.29 is 14.3 Å². The first kappa shape index (κ1) is 19.7. The van der Waals surface area contributed by atoms with Gasteiger partial charge in [0.25, 0.3) is 11.5 Å². The van der Waals surface area contributed by atoms with Crippen LogP contribution in [0.1, 0.15) is 26.5 Å². The Morgan fingerprint density at radius 2 is 2.00 bits per heavy atom. The summed E-state index contributed by atoms with van der Waals surface area (Å²) in [5.41, 5.74) is 1.22. The van der Waals surface area contributed by atoms with Gasteiger partial charge in [-0.2, -0.15) is 0 Å². The Morgan fingerprint density at radius 1 is 1.23 bits per heavy atom. The van der Waals surface area contributed by atoms with Gasteiger partial charge in [0.2, 0.25) is 0 Å². The summed E-state index contributed by atoms with van der Waals surface area (Å²) in [5.74, 6) is -1.47. The fourth-order valence-corrected chi connectivity index (χ4v) is 3.71. The molecular weight excluding hydrogens is 407 g/mol. The van der Waals surface area contributed by atoms with Crippen LogP contribution in [0.4, 0.5) is 4.39 Å². The second kappa shape index (κ2) is 8.03. The molecule has 7 nitrogen and oxygen atoms in total. The molecule has 152 valence electrons. The summed E-state index contributed by atoms with van der Waals surface area (Å²) in [7, 11) is 1.52. The Morgan fingerprint density at radius 3 is 2.70 bits per heavy atom. The predicted octanol–water partition coefficient (Wildman–Crippen LogP) is 2.76. The number of rotatable bonds is 5. The zero-order valence-corrected chi connectivity index (χ0v) is 16.7. The lowest BCUT2D eigenvalue weighted by Crippen LogP contribution is -2.32. The lowest BCUT2D eigenvalue weighted by Gasteiger charge is -2.12. The van der Waals surface area contributed by atoms with E-state index in [0.717, 1.165) is 11.1 Å². The van der Waals surface area contributed by atoms with E-state index in [0.29, 0.717) is 16.9 Å². The van der Waals surface area contributed by atoms with Gasteiger partial charge in [-0.1, -0.05) is 12.1 Å². The van der Waals surface area contributed by atoms with Crippen LogP contribution in [0, 0.1) is 5.82 Å². The van der Waals surface area contributed by atoms with Crippen molar-refractivity contribution in [1.82, 2.24) is 19.9 Å². The molecule has 2 N–H and O–H groups in total. The van der Waals surface area contributed by atoms with Crippen molar-refractivity contribution >= 4 is 28.3 Å². The average Bonchev–Trinajstić information content (AvgIpc) is 3.26. The van der Waals surface area contributed by atoms with Gasteiger partial charge in [-0.3, -0.25) is 14.6 Å². The largest absolute Gasteiger partial charge is 0.505 e. The van der Waals surface area contributed by atoms with Crippen molar-refractivity contribution in [3.8, 4) is 5.75 Å². The molecule has 9 heteroatoms. The summed E-state index contributed by atoms with van der Waals surface area (Å²) >= 11 is 1.37. The van der Waals surface area contributed by atoms with Crippen LogP contribution in [0.2, 0.25) is 0 Å². The van der Waals surface area contributed by atoms with E-state index < -0.39 is 17.2 Å². The molecule has 0 aliphatic carbocycles. The third kappa shape index (κ3) is 3.79. The number of thiazole rings is 1. The first-order valence-corrected chi connectivity index (χ1v) is 9.93. The zero-order valence-electron chi connectivity index (χ0n) is 15.9. The quantitative estimate of drug-likeness (QED) is 0.514. The number of halogens is 1. The smallest absolute Gasteiger partial charge is 0.267 e. The molecule has 4 aromatic rings. The first-order valence-electron chi connectivity index (χ1n) is 9.05. The Hall–Kier alpha value is -3.59. The van der Waals surface area contributed by atoms with Crippen LogP contribution in [0.3, 0.4) is 0 Å². The van der Waals surface area contributed by atoms with Crippen molar-refractivity contribution in [2.45, 2.75) is 13.0 Å². The lowest BCUT2D eigenvalue weighted by molar-refractivity contribution is 0.0946. The van der Waals surface area contributed by atoms with Gasteiger partial charge < -0.3 is 15.0 Å². The molecule has 0 fully saturated rings. The number of nitrogens with one attached hydrogen (secondary N) is 1. The van der Waals surface area contributed by atoms with E-state index in [-0.39, 0.29) is 23.4 Å². The standard InChI is InChI=1S/C21H17FN4O3S/c1-26-15-9-13(8-12-2-4-14(22)5-3-12)10-24-18(15)19(27)17(21(26)29)20(28)25-11-16-23-6-7-30-16/h2-7,9-10,27H,8,11H2,1H3,(H,25,28). The minimum atomic E-state index is -0.692. The number of aromatic nitrogens is 3. The van der Waals surface area contributed by atoms with Crippen LogP contribution in [-0.4, -0.2) is 25.5 Å². The topological polar surface area (TPSA) is 97.1 Å². The fraction of sp³-hybridized carbons (Fsp3) is 0.143. The van der Waals surface area contributed by atoms with Crippen LogP contribution < -0.4 is 10.9 Å². The van der Waals surface area contributed by atoms with Crippen molar-refractivity contribution in [2.24, 2.45) is 7.05 Å². The van der Waals surface area contributed by atoms with Gasteiger partial charge in [-0.15, -0.1) is 11.3 Å². The predicted molar refractivity (Wildman–Crippen MR) is 111 cm³/mol. The van der Waals surface area contributed by atoms with E-state index >= 15 is 0 Å². The van der Waals surface area contributed by atoms with E-state index in [2.05, 4.69) is 15.3 Å². The number of benzene rings is 1. The van der Waals surface area contributed by atoms with Crippen molar-refractivity contribution in [3.05, 3.63) is 86.0 Å². The number of hydrogen-bond acceptors (Lipinski definition) is 6. The molecule has 0 aliphatic rings. The molecule has 3 heterocycles. The van der Waals surface area contributed by atoms with E-state index in [1.807, 2.05) is 0 Å². The van der Waals surface area contributed by atoms with Crippen LogP contribution >= 0.6 is 11.3 Å². The Labute approximate surface area is 174 Å². The molecule has 0 spiro atoms. The third-order valence-corrected chi connectivity index (χ3v) is 5.48. The number of fused-ring (bicyclic) bond motifs is 1. The second-order valence-electron chi connectivity index (χ2n) is 6.71. The fourth-order valence-electron chi connectivity index (χ4n) is 3.15. The van der Waals surface area contributed by atoms with E-state index in [1.165, 1.54) is 35.1 Å². The molecule has 0 atom stereocenters. The maximum Gasteiger partial charge on any atom is 0.267 e. The zero-order chi connectivity index (χ0) is 21.3. The van der Waals surface area contributed by atoms with Gasteiger partial charge in [-0.05, 0) is 35.7 Å². The number of amides is 1. The number of carbonyl (C=O) groups is 1. The maximum atomic E-state index is 13.1. The summed E-state index contributed by atoms with van der Waals surface area (Å²) in [4.78, 5) is 33.7. The van der Waals surface area contributed by atoms with E-state index in [9.17, 15) is 19.1 Å². The maximum absolute atomic E-state index is 13.1. The van der Waals surface area contributed by atoms with Gasteiger partial charge in [0.15, 0.2) is 5.75 Å². The molecule has 0 unspecified atom stereocenters. The molecule has 4 rings (SSSR count). The summed E-state index contributed by atoms with van der Waals surface area (Å²) in [6.07, 6.45) is 3.66. The average molecular weight is 424 g/mol. The highest BCUT2D eigenvalue weighted by Gasteiger charge is 2.22. The number of carbonyl (C=O) groups excluding carboxylic acids is 1. The van der Waals surface area contributed by atoms with Crippen molar-refractivity contribution in [3.63, 3.8) is 0 Å². The van der Waals surface area contributed by atoms with Crippen LogP contribution in [0.15, 0.2) is 52.9 Å². The Bertz CT molecular complexity index is 1280. The molecule has 0 aliphatic heterocycles. The summed E-state index contributed by atoms with van der Waals surface area (Å²) < 4.78 is 14.4. The van der Waals surface area contributed by atoms with Gasteiger partial charge in [0.05, 0.1) is 12.1 Å². The Kier molecular flexibility index (Phi) is 5.28. The van der Waals surface area contributed by atoms with Gasteiger partial charge in [0.1, 0.15) is 21.9 Å². The third-order valence-electron chi connectivity index (χ3n) is 4.70. The molecule has 0 radical (unpaired) electrons. The summed E-state index contributed by atoms with van der Waals surface area (Å²) in [5, 5.41) is 15.7. The molecule has 0 saturated carbocycles. The molecule has 30 heavy (non-hydrogen) atoms. The molecule has 0 bridgehead atoms. The molecular formula is C21H17FN4O3S. The van der Waals surface area contributed by atoms with Crippen molar-refractivity contribution in [2.75, 3.05) is 0 Å². The minimum absolute atomic E-state index is 0.152. The monoisotopic (exact) mass is 424 g/mol. The normalized spacial score (nSPS) is 11.0. The second-order valence-corrected chi connectivity index (χ2v) is 7.69. The highest BCUT2D eigenvalue weighted by Crippen LogP contribution is 2.25. The van der Waals surface area contributed by atoms with Crippen molar-refractivity contribution in [1.29, 1.82) is 0 Å². The van der Waals surface area contributed by atoms with Crippen LogP contribution in [0.25, 0.3) is 11.0 Å². The number of aromatic hydroxyl groups is 1. The summed E-state index contributed by atoms with van der Waals surface area (Å²) in [6, 6.07) is 7.83. The number of pyridine rings is 2. The molecule has 1 amide bonds. The molecule has 1 aromatic carbocycles. The Balaban J connectivity index is 1.68. The van der Waals surface area contributed by atoms with E-state index in [1.54, 1.807) is 36.0 Å². The number of hydrogen-bond donors (Lipinski definition) is 2. The SMILES string of the molecule is Cn1c(=O)c(C(=O)NCc2nccs2)c(O)c2ncc(Cc3ccc(F)cc3)cc21. The van der Waals surface area contributed by atoms with Crippen LogP contribution in [-0.2, 0) is 20.0 Å². The highest BCUT2D eigenvalue weighted by molar-refractivity contribution is 7.09. The molecule has 0 saturated heterocycles. The van der Waals surface area contributed by atoms with Crippen LogP contribution in [0.5, 0.6) is 5.75 Å². The summed E-state index contributed by atoms with van der Waals surface area (Å²) in [6.45, 7) is 0.154. The number of nitrogens with zero attached hydrogens (tertiary/aromatic N) is 3. The highest BCUT2D eigenvalue weighted by atomic mass is 32.1. The minimum Gasteiger partial charge on any atom is -0.505 e.